The Labute approximate surface area is 125 Å². The molecule has 3 N–H and O–H groups in total. The Bertz CT molecular complexity index is 616. The van der Waals surface area contributed by atoms with Gasteiger partial charge >= 0.3 is 0 Å². The Morgan fingerprint density at radius 3 is 2.52 bits per heavy atom. The van der Waals surface area contributed by atoms with Crippen LogP contribution in [0, 0.1) is 0 Å². The van der Waals surface area contributed by atoms with Crippen LogP contribution in [0.4, 0.5) is 11.5 Å². The second-order valence-electron chi connectivity index (χ2n) is 5.66. The fourth-order valence-electron chi connectivity index (χ4n) is 2.00. The molecule has 0 saturated carbocycles. The van der Waals surface area contributed by atoms with E-state index in [0.717, 1.165) is 11.4 Å². The van der Waals surface area contributed by atoms with E-state index < -0.39 is 0 Å². The number of benzene rings is 1. The highest BCUT2D eigenvalue weighted by molar-refractivity contribution is 6.07. The van der Waals surface area contributed by atoms with E-state index in [9.17, 15) is 4.79 Å². The highest BCUT2D eigenvalue weighted by Crippen LogP contribution is 2.19. The molecule has 0 fully saturated rings. The topological polar surface area (TPSA) is 69.8 Å². The fraction of sp³-hybridized carbons (Fsp3) is 0.375. The Morgan fingerprint density at radius 1 is 1.19 bits per heavy atom. The summed E-state index contributed by atoms with van der Waals surface area (Å²) >= 11 is 0. The molecular weight excluding hydrogens is 264 g/mol. The molecule has 0 bridgehead atoms. The molecular formula is C16H22N4O. The first-order chi connectivity index (χ1) is 9.97. The van der Waals surface area contributed by atoms with Crippen LogP contribution in [0.1, 0.15) is 49.7 Å². The monoisotopic (exact) mass is 286 g/mol. The lowest BCUT2D eigenvalue weighted by Crippen LogP contribution is -2.17. The molecule has 0 aliphatic rings. The first-order valence-corrected chi connectivity index (χ1v) is 7.19. The van der Waals surface area contributed by atoms with Gasteiger partial charge in [-0.05, 0) is 31.9 Å². The number of hydrogen-bond acceptors (Lipinski definition) is 3. The molecule has 112 valence electrons. The SMILES string of the molecule is CC(C)Nc1ccccc1C(=O)Nc1cc(C(C)C)[nH]n1. The largest absolute Gasteiger partial charge is 0.382 e. The number of amides is 1. The van der Waals surface area contributed by atoms with E-state index in [1.165, 1.54) is 0 Å². The molecule has 0 spiro atoms. The fourth-order valence-corrected chi connectivity index (χ4v) is 2.00. The molecule has 5 heteroatoms. The summed E-state index contributed by atoms with van der Waals surface area (Å²) in [5, 5.41) is 13.1. The third-order valence-corrected chi connectivity index (χ3v) is 3.08. The molecule has 1 amide bonds. The molecule has 2 rings (SSSR count). The molecule has 2 aromatic rings. The average Bonchev–Trinajstić information content (AvgIpc) is 2.87. The van der Waals surface area contributed by atoms with Gasteiger partial charge in [0.15, 0.2) is 5.82 Å². The standard InChI is InChI=1S/C16H22N4O/c1-10(2)14-9-15(20-19-14)18-16(21)12-7-5-6-8-13(12)17-11(3)4/h5-11,17H,1-4H3,(H2,18,19,20,21). The zero-order chi connectivity index (χ0) is 15.4. The van der Waals surface area contributed by atoms with Gasteiger partial charge in [-0.1, -0.05) is 26.0 Å². The van der Waals surface area contributed by atoms with Crippen molar-refractivity contribution in [2.75, 3.05) is 10.6 Å². The van der Waals surface area contributed by atoms with Crippen LogP contribution in [0.15, 0.2) is 30.3 Å². The lowest BCUT2D eigenvalue weighted by molar-refractivity contribution is 0.102. The predicted octanol–water partition coefficient (Wildman–Crippen LogP) is 3.61. The van der Waals surface area contributed by atoms with Crippen LogP contribution >= 0.6 is 0 Å². The van der Waals surface area contributed by atoms with Crippen LogP contribution in [0.25, 0.3) is 0 Å². The average molecular weight is 286 g/mol. The van der Waals surface area contributed by atoms with Crippen molar-refractivity contribution < 1.29 is 4.79 Å². The molecule has 0 atom stereocenters. The summed E-state index contributed by atoms with van der Waals surface area (Å²) < 4.78 is 0. The lowest BCUT2D eigenvalue weighted by Gasteiger charge is -2.13. The Morgan fingerprint density at radius 2 is 1.90 bits per heavy atom. The van der Waals surface area contributed by atoms with Gasteiger partial charge in [0.05, 0.1) is 5.56 Å². The van der Waals surface area contributed by atoms with Crippen LogP contribution in [0.5, 0.6) is 0 Å². The van der Waals surface area contributed by atoms with Crippen molar-refractivity contribution in [1.82, 2.24) is 10.2 Å². The van der Waals surface area contributed by atoms with Gasteiger partial charge in [-0.3, -0.25) is 9.89 Å². The van der Waals surface area contributed by atoms with Gasteiger partial charge in [0.2, 0.25) is 0 Å². The van der Waals surface area contributed by atoms with Gasteiger partial charge < -0.3 is 10.6 Å². The molecule has 5 nitrogen and oxygen atoms in total. The van der Waals surface area contributed by atoms with E-state index in [0.29, 0.717) is 17.3 Å². The molecule has 1 heterocycles. The number of aromatic amines is 1. The quantitative estimate of drug-likeness (QED) is 0.786. The second-order valence-corrected chi connectivity index (χ2v) is 5.66. The Kier molecular flexibility index (Phi) is 4.62. The summed E-state index contributed by atoms with van der Waals surface area (Å²) in [5.74, 6) is 0.724. The number of nitrogens with zero attached hydrogens (tertiary/aromatic N) is 1. The summed E-state index contributed by atoms with van der Waals surface area (Å²) in [7, 11) is 0. The van der Waals surface area contributed by atoms with Crippen molar-refractivity contribution in [3.63, 3.8) is 0 Å². The molecule has 0 saturated heterocycles. The van der Waals surface area contributed by atoms with Crippen molar-refractivity contribution in [2.45, 2.75) is 39.7 Å². The lowest BCUT2D eigenvalue weighted by atomic mass is 10.1. The number of H-pyrrole nitrogens is 1. The summed E-state index contributed by atoms with van der Waals surface area (Å²) in [6.07, 6.45) is 0. The van der Waals surface area contributed by atoms with Gasteiger partial charge in [0, 0.05) is 23.5 Å². The molecule has 0 unspecified atom stereocenters. The summed E-state index contributed by atoms with van der Waals surface area (Å²) in [5.41, 5.74) is 2.43. The van der Waals surface area contributed by atoms with Gasteiger partial charge in [-0.2, -0.15) is 5.10 Å². The van der Waals surface area contributed by atoms with E-state index in [2.05, 4.69) is 34.7 Å². The predicted molar refractivity (Wildman–Crippen MR) is 85.8 cm³/mol. The van der Waals surface area contributed by atoms with Gasteiger partial charge in [0.25, 0.3) is 5.91 Å². The molecule has 0 radical (unpaired) electrons. The summed E-state index contributed by atoms with van der Waals surface area (Å²) in [6, 6.07) is 9.59. The zero-order valence-electron chi connectivity index (χ0n) is 12.9. The van der Waals surface area contributed by atoms with Gasteiger partial charge in [0.1, 0.15) is 0 Å². The van der Waals surface area contributed by atoms with Crippen LogP contribution in [-0.4, -0.2) is 22.1 Å². The number of aromatic nitrogens is 2. The third kappa shape index (κ3) is 3.84. The van der Waals surface area contributed by atoms with E-state index in [1.807, 2.05) is 38.1 Å². The van der Waals surface area contributed by atoms with Crippen molar-refractivity contribution in [3.05, 3.63) is 41.6 Å². The highest BCUT2D eigenvalue weighted by Gasteiger charge is 2.13. The van der Waals surface area contributed by atoms with Gasteiger partial charge in [-0.15, -0.1) is 0 Å². The molecule has 1 aromatic carbocycles. The number of anilines is 2. The number of rotatable bonds is 5. The van der Waals surface area contributed by atoms with Crippen LogP contribution < -0.4 is 10.6 Å². The maximum atomic E-state index is 12.4. The molecule has 0 aliphatic carbocycles. The number of carbonyl (C=O) groups is 1. The van der Waals surface area contributed by atoms with Crippen molar-refractivity contribution in [1.29, 1.82) is 0 Å². The van der Waals surface area contributed by atoms with Crippen molar-refractivity contribution >= 4 is 17.4 Å². The minimum Gasteiger partial charge on any atom is -0.382 e. The number of hydrogen-bond donors (Lipinski definition) is 3. The zero-order valence-corrected chi connectivity index (χ0v) is 12.9. The smallest absolute Gasteiger partial charge is 0.258 e. The normalized spacial score (nSPS) is 11.0. The molecule has 0 aliphatic heterocycles. The molecule has 21 heavy (non-hydrogen) atoms. The maximum absolute atomic E-state index is 12.4. The Balaban J connectivity index is 2.16. The van der Waals surface area contributed by atoms with Crippen LogP contribution in [0.2, 0.25) is 0 Å². The minimum absolute atomic E-state index is 0.166. The van der Waals surface area contributed by atoms with Crippen LogP contribution in [-0.2, 0) is 0 Å². The van der Waals surface area contributed by atoms with Crippen molar-refractivity contribution in [3.8, 4) is 0 Å². The Hall–Kier alpha value is -2.30. The van der Waals surface area contributed by atoms with E-state index in [-0.39, 0.29) is 11.9 Å². The van der Waals surface area contributed by atoms with Crippen molar-refractivity contribution in [2.24, 2.45) is 0 Å². The third-order valence-electron chi connectivity index (χ3n) is 3.08. The summed E-state index contributed by atoms with van der Waals surface area (Å²) in [6.45, 7) is 8.22. The van der Waals surface area contributed by atoms with E-state index in [4.69, 9.17) is 0 Å². The van der Waals surface area contributed by atoms with E-state index >= 15 is 0 Å². The van der Waals surface area contributed by atoms with E-state index in [1.54, 1.807) is 6.07 Å². The number of nitrogens with one attached hydrogen (secondary N) is 3. The molecule has 1 aromatic heterocycles. The maximum Gasteiger partial charge on any atom is 0.258 e. The highest BCUT2D eigenvalue weighted by atomic mass is 16.1. The first-order valence-electron chi connectivity index (χ1n) is 7.19. The van der Waals surface area contributed by atoms with Crippen LogP contribution in [0.3, 0.4) is 0 Å². The second kappa shape index (κ2) is 6.43. The summed E-state index contributed by atoms with van der Waals surface area (Å²) in [4.78, 5) is 12.4. The minimum atomic E-state index is -0.166. The first kappa shape index (κ1) is 15.1. The number of carbonyl (C=O) groups excluding carboxylic acids is 1. The van der Waals surface area contributed by atoms with Gasteiger partial charge in [-0.25, -0.2) is 0 Å². The number of para-hydroxylation sites is 1.